The van der Waals surface area contributed by atoms with Crippen LogP contribution >= 0.6 is 0 Å². The van der Waals surface area contributed by atoms with Gasteiger partial charge < -0.3 is 5.11 Å². The summed E-state index contributed by atoms with van der Waals surface area (Å²) in [5.74, 6) is -0.0201. The lowest BCUT2D eigenvalue weighted by molar-refractivity contribution is -0.154. The van der Waals surface area contributed by atoms with E-state index in [1.807, 2.05) is 0 Å². The minimum atomic E-state index is -0.559. The third-order valence-electron chi connectivity index (χ3n) is 4.54. The van der Waals surface area contributed by atoms with Crippen LogP contribution in [0.4, 0.5) is 0 Å². The van der Waals surface area contributed by atoms with Gasteiger partial charge in [0.1, 0.15) is 0 Å². The molecule has 1 fully saturated rings. The Bertz CT molecular complexity index is 258. The molecule has 2 nitrogen and oxygen atoms in total. The molecule has 0 heterocycles. The lowest BCUT2D eigenvalue weighted by Crippen LogP contribution is -2.39. The third kappa shape index (κ3) is 3.72. The van der Waals surface area contributed by atoms with Gasteiger partial charge in [-0.3, -0.25) is 4.79 Å². The summed E-state index contributed by atoms with van der Waals surface area (Å²) in [7, 11) is 0. The average molecular weight is 240 g/mol. The van der Waals surface area contributed by atoms with Gasteiger partial charge in [0.15, 0.2) is 0 Å². The minimum absolute atomic E-state index is 0.340. The van der Waals surface area contributed by atoms with Crippen molar-refractivity contribution in [1.82, 2.24) is 0 Å². The number of rotatable bonds is 5. The van der Waals surface area contributed by atoms with Crippen LogP contribution in [0.1, 0.15) is 72.6 Å². The number of carboxylic acids is 1. The first-order valence-corrected chi connectivity index (χ1v) is 7.05. The molecule has 1 unspecified atom stereocenters. The average Bonchev–Trinajstić information content (AvgIpc) is 2.21. The topological polar surface area (TPSA) is 37.3 Å². The summed E-state index contributed by atoms with van der Waals surface area (Å²) >= 11 is 0. The van der Waals surface area contributed by atoms with Crippen LogP contribution in [0.15, 0.2) is 0 Å². The van der Waals surface area contributed by atoms with Crippen molar-refractivity contribution >= 4 is 5.97 Å². The van der Waals surface area contributed by atoms with E-state index in [4.69, 9.17) is 0 Å². The molecule has 0 aromatic carbocycles. The molecular formula is C15H28O2. The van der Waals surface area contributed by atoms with E-state index < -0.39 is 11.4 Å². The second-order valence-electron chi connectivity index (χ2n) is 6.85. The van der Waals surface area contributed by atoms with Crippen molar-refractivity contribution in [2.24, 2.45) is 16.7 Å². The highest BCUT2D eigenvalue weighted by molar-refractivity contribution is 5.74. The smallest absolute Gasteiger partial charge is 0.309 e. The van der Waals surface area contributed by atoms with Crippen LogP contribution in [-0.2, 0) is 4.79 Å². The molecule has 0 bridgehead atoms. The van der Waals surface area contributed by atoms with Crippen LogP contribution in [-0.4, -0.2) is 11.1 Å². The van der Waals surface area contributed by atoms with Crippen molar-refractivity contribution in [2.75, 3.05) is 0 Å². The van der Waals surface area contributed by atoms with Gasteiger partial charge in [-0.05, 0) is 43.4 Å². The molecule has 0 aromatic rings. The number of hydrogen-bond donors (Lipinski definition) is 1. The number of aliphatic carboxylic acids is 1. The monoisotopic (exact) mass is 240 g/mol. The summed E-state index contributed by atoms with van der Waals surface area (Å²) in [6.07, 6.45) is 7.01. The van der Waals surface area contributed by atoms with E-state index in [2.05, 4.69) is 27.7 Å². The van der Waals surface area contributed by atoms with Gasteiger partial charge in [0.25, 0.3) is 0 Å². The maximum Gasteiger partial charge on any atom is 0.309 e. The predicted octanol–water partition coefficient (Wildman–Crippen LogP) is 4.48. The zero-order valence-corrected chi connectivity index (χ0v) is 11.9. The number of carboxylic acid groups (broad SMARTS) is 1. The molecule has 1 atom stereocenters. The molecule has 0 aliphatic heterocycles. The van der Waals surface area contributed by atoms with Crippen molar-refractivity contribution in [1.29, 1.82) is 0 Å². The van der Waals surface area contributed by atoms with Crippen LogP contribution in [0.3, 0.4) is 0 Å². The van der Waals surface area contributed by atoms with Crippen LogP contribution in [0.25, 0.3) is 0 Å². The largest absolute Gasteiger partial charge is 0.481 e. The lowest BCUT2D eigenvalue weighted by atomic mass is 9.62. The first-order chi connectivity index (χ1) is 7.81. The molecule has 100 valence electrons. The molecule has 1 aliphatic rings. The molecule has 0 spiro atoms. The first-order valence-electron chi connectivity index (χ1n) is 7.05. The molecule has 0 amide bonds. The number of hydrogen-bond acceptors (Lipinski definition) is 1. The zero-order chi connectivity index (χ0) is 13.1. The molecule has 1 rings (SSSR count). The normalized spacial score (nSPS) is 24.2. The quantitative estimate of drug-likeness (QED) is 0.769. The van der Waals surface area contributed by atoms with Gasteiger partial charge in [-0.1, -0.05) is 40.5 Å². The second-order valence-corrected chi connectivity index (χ2v) is 6.85. The highest BCUT2D eigenvalue weighted by Gasteiger charge is 2.44. The Balaban J connectivity index is 2.68. The van der Waals surface area contributed by atoms with Gasteiger partial charge in [0, 0.05) is 0 Å². The summed E-state index contributed by atoms with van der Waals surface area (Å²) < 4.78 is 0. The van der Waals surface area contributed by atoms with E-state index in [0.717, 1.165) is 44.9 Å². The minimum Gasteiger partial charge on any atom is -0.481 e. The van der Waals surface area contributed by atoms with Crippen molar-refractivity contribution in [2.45, 2.75) is 72.6 Å². The molecule has 1 aliphatic carbocycles. The Morgan fingerprint density at radius 2 is 1.76 bits per heavy atom. The Hall–Kier alpha value is -0.530. The summed E-state index contributed by atoms with van der Waals surface area (Å²) in [4.78, 5) is 11.6. The van der Waals surface area contributed by atoms with Gasteiger partial charge >= 0.3 is 5.97 Å². The van der Waals surface area contributed by atoms with E-state index in [-0.39, 0.29) is 0 Å². The zero-order valence-electron chi connectivity index (χ0n) is 11.9. The second kappa shape index (κ2) is 5.41. The van der Waals surface area contributed by atoms with Gasteiger partial charge in [-0.25, -0.2) is 0 Å². The summed E-state index contributed by atoms with van der Waals surface area (Å²) in [5.41, 5.74) is -0.0863. The van der Waals surface area contributed by atoms with Gasteiger partial charge in [0.2, 0.25) is 0 Å². The Morgan fingerprint density at radius 1 is 1.24 bits per heavy atom. The molecule has 1 saturated carbocycles. The van der Waals surface area contributed by atoms with Crippen molar-refractivity contribution < 1.29 is 9.90 Å². The standard InChI is InChI=1S/C15H28O2/c1-5-6-12(2)11-15(13(16)17)9-7-14(3,4)8-10-15/h12H,5-11H2,1-4H3,(H,16,17). The summed E-state index contributed by atoms with van der Waals surface area (Å²) in [6, 6.07) is 0. The fourth-order valence-electron chi connectivity index (χ4n) is 3.17. The van der Waals surface area contributed by atoms with E-state index in [1.54, 1.807) is 0 Å². The fraction of sp³-hybridized carbons (Fsp3) is 0.933. The van der Waals surface area contributed by atoms with Crippen LogP contribution in [0.2, 0.25) is 0 Å². The molecule has 0 saturated heterocycles. The van der Waals surface area contributed by atoms with Crippen molar-refractivity contribution in [3.8, 4) is 0 Å². The first kappa shape index (κ1) is 14.5. The molecule has 1 N–H and O–H groups in total. The Kier molecular flexibility index (Phi) is 4.62. The number of carbonyl (C=O) groups is 1. The highest BCUT2D eigenvalue weighted by Crippen LogP contribution is 2.48. The molecule has 0 aromatic heterocycles. The van der Waals surface area contributed by atoms with Crippen molar-refractivity contribution in [3.05, 3.63) is 0 Å². The van der Waals surface area contributed by atoms with Gasteiger partial charge in [-0.2, -0.15) is 0 Å². The molecular weight excluding hydrogens is 212 g/mol. The summed E-state index contributed by atoms with van der Waals surface area (Å²) in [6.45, 7) is 8.89. The SMILES string of the molecule is CCCC(C)CC1(C(=O)O)CCC(C)(C)CC1. The van der Waals surface area contributed by atoms with Gasteiger partial charge in [0.05, 0.1) is 5.41 Å². The maximum atomic E-state index is 11.6. The van der Waals surface area contributed by atoms with Crippen LogP contribution in [0, 0.1) is 16.7 Å². The van der Waals surface area contributed by atoms with E-state index in [0.29, 0.717) is 11.3 Å². The Morgan fingerprint density at radius 3 is 2.18 bits per heavy atom. The Labute approximate surface area is 106 Å². The molecule has 0 radical (unpaired) electrons. The third-order valence-corrected chi connectivity index (χ3v) is 4.54. The summed E-state index contributed by atoms with van der Waals surface area (Å²) in [5, 5.41) is 9.58. The van der Waals surface area contributed by atoms with Crippen molar-refractivity contribution in [3.63, 3.8) is 0 Å². The van der Waals surface area contributed by atoms with Crippen LogP contribution < -0.4 is 0 Å². The highest BCUT2D eigenvalue weighted by atomic mass is 16.4. The van der Waals surface area contributed by atoms with E-state index in [9.17, 15) is 9.90 Å². The predicted molar refractivity (Wildman–Crippen MR) is 71.0 cm³/mol. The molecule has 17 heavy (non-hydrogen) atoms. The fourth-order valence-corrected chi connectivity index (χ4v) is 3.17. The lowest BCUT2D eigenvalue weighted by Gasteiger charge is -2.42. The van der Waals surface area contributed by atoms with Crippen LogP contribution in [0.5, 0.6) is 0 Å². The van der Waals surface area contributed by atoms with Gasteiger partial charge in [-0.15, -0.1) is 0 Å². The maximum absolute atomic E-state index is 11.6. The van der Waals surface area contributed by atoms with E-state index in [1.165, 1.54) is 0 Å². The molecule has 2 heteroatoms. The van der Waals surface area contributed by atoms with E-state index >= 15 is 0 Å².